The van der Waals surface area contributed by atoms with Crippen LogP contribution in [0, 0.1) is 0 Å². The van der Waals surface area contributed by atoms with Crippen LogP contribution in [0.4, 0.5) is 0 Å². The summed E-state index contributed by atoms with van der Waals surface area (Å²) >= 11 is 0. The Labute approximate surface area is 153 Å². The number of nitrogens with one attached hydrogen (secondary N) is 1. The molecule has 0 aliphatic carbocycles. The molecule has 0 radical (unpaired) electrons. The molecule has 1 fully saturated rings. The van der Waals surface area contributed by atoms with E-state index in [4.69, 9.17) is 9.84 Å². The lowest BCUT2D eigenvalue weighted by Gasteiger charge is -2.18. The number of amides is 1. The van der Waals surface area contributed by atoms with Gasteiger partial charge >= 0.3 is 5.97 Å². The van der Waals surface area contributed by atoms with E-state index in [9.17, 15) is 18.0 Å². The minimum atomic E-state index is -3.51. The quantitative estimate of drug-likeness (QED) is 0.690. The number of carboxylic acid groups (broad SMARTS) is 1. The van der Waals surface area contributed by atoms with E-state index in [2.05, 4.69) is 5.32 Å². The summed E-state index contributed by atoms with van der Waals surface area (Å²) in [7, 11) is -3.51. The van der Waals surface area contributed by atoms with Crippen LogP contribution in [0.25, 0.3) is 0 Å². The fourth-order valence-electron chi connectivity index (χ4n) is 2.81. The normalized spacial score (nSPS) is 20.3. The average Bonchev–Trinajstić information content (AvgIpc) is 3.11. The Morgan fingerprint density at radius 3 is 2.23 bits per heavy atom. The van der Waals surface area contributed by atoms with Gasteiger partial charge in [-0.2, -0.15) is 4.31 Å². The van der Waals surface area contributed by atoms with Crippen LogP contribution in [0.5, 0.6) is 0 Å². The summed E-state index contributed by atoms with van der Waals surface area (Å²) in [6, 6.07) is 6.32. The maximum absolute atomic E-state index is 12.4. The minimum Gasteiger partial charge on any atom is -0.479 e. The molecule has 0 saturated carbocycles. The second-order valence-electron chi connectivity index (χ2n) is 5.98. The van der Waals surface area contributed by atoms with Gasteiger partial charge in [-0.3, -0.25) is 4.79 Å². The number of benzene rings is 1. The first-order valence-electron chi connectivity index (χ1n) is 8.54. The molecule has 1 heterocycles. The van der Waals surface area contributed by atoms with Crippen LogP contribution in [0.2, 0.25) is 0 Å². The molecular formula is C17H24N2O6S. The van der Waals surface area contributed by atoms with Gasteiger partial charge in [0.2, 0.25) is 15.9 Å². The summed E-state index contributed by atoms with van der Waals surface area (Å²) in [5.41, 5.74) is 0.740. The van der Waals surface area contributed by atoms with E-state index in [1.165, 1.54) is 16.4 Å². The maximum Gasteiger partial charge on any atom is 0.332 e. The Balaban J connectivity index is 1.94. The first-order chi connectivity index (χ1) is 12.3. The molecule has 1 aliphatic rings. The minimum absolute atomic E-state index is 0.208. The molecule has 0 spiro atoms. The number of nitrogens with zero attached hydrogens (tertiary/aromatic N) is 1. The zero-order chi connectivity index (χ0) is 19.3. The zero-order valence-electron chi connectivity index (χ0n) is 14.8. The zero-order valence-corrected chi connectivity index (χ0v) is 15.7. The van der Waals surface area contributed by atoms with Gasteiger partial charge in [-0.15, -0.1) is 0 Å². The third-order valence-corrected chi connectivity index (χ3v) is 6.38. The van der Waals surface area contributed by atoms with Crippen molar-refractivity contribution in [1.82, 2.24) is 9.62 Å². The predicted octanol–water partition coefficient (Wildman–Crippen LogP) is 0.966. The van der Waals surface area contributed by atoms with E-state index in [1.807, 2.05) is 0 Å². The standard InChI is InChI=1S/C17H24N2O6S/c1-3-19(4-2)26(23,24)13-7-5-12(6-8-13)11-18-16(20)14-9-10-15(25-14)17(21)22/h5-8,14-15H,3-4,9-11H2,1-2H3,(H,18,20)(H,21,22)/t14-,15+/m0/s1. The van der Waals surface area contributed by atoms with Gasteiger partial charge in [-0.05, 0) is 30.5 Å². The van der Waals surface area contributed by atoms with Gasteiger partial charge in [0.25, 0.3) is 0 Å². The van der Waals surface area contributed by atoms with Crippen molar-refractivity contribution in [3.05, 3.63) is 29.8 Å². The summed E-state index contributed by atoms with van der Waals surface area (Å²) < 4.78 is 31.4. The molecule has 26 heavy (non-hydrogen) atoms. The number of hydrogen-bond acceptors (Lipinski definition) is 5. The Morgan fingerprint density at radius 2 is 1.73 bits per heavy atom. The second kappa shape index (κ2) is 8.61. The highest BCUT2D eigenvalue weighted by molar-refractivity contribution is 7.89. The monoisotopic (exact) mass is 384 g/mol. The molecule has 0 bridgehead atoms. The Kier molecular flexibility index (Phi) is 6.74. The van der Waals surface area contributed by atoms with Crippen LogP contribution in [-0.2, 0) is 30.9 Å². The SMILES string of the molecule is CCN(CC)S(=O)(=O)c1ccc(CNC(=O)[C@@H]2CC[C@H](C(=O)O)O2)cc1. The number of hydrogen-bond donors (Lipinski definition) is 2. The Bertz CT molecular complexity index is 743. The second-order valence-corrected chi connectivity index (χ2v) is 7.92. The molecule has 1 saturated heterocycles. The fourth-order valence-corrected chi connectivity index (χ4v) is 4.26. The van der Waals surface area contributed by atoms with Crippen molar-refractivity contribution in [2.75, 3.05) is 13.1 Å². The lowest BCUT2D eigenvalue weighted by Crippen LogP contribution is -2.35. The van der Waals surface area contributed by atoms with Crippen molar-refractivity contribution >= 4 is 21.9 Å². The Hall–Kier alpha value is -1.97. The first-order valence-corrected chi connectivity index (χ1v) is 9.98. The average molecular weight is 384 g/mol. The summed E-state index contributed by atoms with van der Waals surface area (Å²) in [5, 5.41) is 11.6. The highest BCUT2D eigenvalue weighted by Gasteiger charge is 2.34. The molecule has 9 heteroatoms. The molecular weight excluding hydrogens is 360 g/mol. The molecule has 2 N–H and O–H groups in total. The third kappa shape index (κ3) is 4.60. The molecule has 1 aromatic carbocycles. The fraction of sp³-hybridized carbons (Fsp3) is 0.529. The molecule has 0 aromatic heterocycles. The summed E-state index contributed by atoms with van der Waals surface area (Å²) in [6.45, 7) is 4.57. The number of sulfonamides is 1. The topological polar surface area (TPSA) is 113 Å². The van der Waals surface area contributed by atoms with E-state index in [1.54, 1.807) is 26.0 Å². The van der Waals surface area contributed by atoms with Gasteiger partial charge < -0.3 is 15.2 Å². The number of aliphatic carboxylic acids is 1. The Morgan fingerprint density at radius 1 is 1.15 bits per heavy atom. The third-order valence-electron chi connectivity index (χ3n) is 4.32. The maximum atomic E-state index is 12.4. The number of rotatable bonds is 8. The molecule has 2 rings (SSSR count). The van der Waals surface area contributed by atoms with Gasteiger partial charge in [0.05, 0.1) is 4.90 Å². The van der Waals surface area contributed by atoms with Crippen LogP contribution in [-0.4, -0.2) is 55.0 Å². The summed E-state index contributed by atoms with van der Waals surface area (Å²) in [6.07, 6.45) is -1.02. The van der Waals surface area contributed by atoms with Gasteiger partial charge in [-0.1, -0.05) is 26.0 Å². The van der Waals surface area contributed by atoms with Crippen LogP contribution in [0.15, 0.2) is 29.2 Å². The molecule has 1 amide bonds. The smallest absolute Gasteiger partial charge is 0.332 e. The van der Waals surface area contributed by atoms with Gasteiger partial charge in [0.1, 0.15) is 6.10 Å². The van der Waals surface area contributed by atoms with E-state index in [0.29, 0.717) is 25.9 Å². The van der Waals surface area contributed by atoms with Crippen LogP contribution >= 0.6 is 0 Å². The van der Waals surface area contributed by atoms with E-state index in [0.717, 1.165) is 5.56 Å². The highest BCUT2D eigenvalue weighted by Crippen LogP contribution is 2.20. The lowest BCUT2D eigenvalue weighted by atomic mass is 10.2. The van der Waals surface area contributed by atoms with Crippen molar-refractivity contribution in [1.29, 1.82) is 0 Å². The van der Waals surface area contributed by atoms with Crippen molar-refractivity contribution in [3.8, 4) is 0 Å². The molecule has 1 aliphatic heterocycles. The molecule has 2 atom stereocenters. The van der Waals surface area contributed by atoms with Gasteiger partial charge in [-0.25, -0.2) is 13.2 Å². The number of carbonyl (C=O) groups excluding carboxylic acids is 1. The first kappa shape index (κ1) is 20.3. The van der Waals surface area contributed by atoms with Crippen molar-refractivity contribution in [2.24, 2.45) is 0 Å². The molecule has 144 valence electrons. The molecule has 1 aromatic rings. The van der Waals surface area contributed by atoms with E-state index in [-0.39, 0.29) is 17.3 Å². The van der Waals surface area contributed by atoms with E-state index >= 15 is 0 Å². The van der Waals surface area contributed by atoms with Crippen molar-refractivity contribution in [2.45, 2.75) is 50.3 Å². The van der Waals surface area contributed by atoms with Crippen LogP contribution in [0.3, 0.4) is 0 Å². The van der Waals surface area contributed by atoms with Crippen LogP contribution in [0.1, 0.15) is 32.3 Å². The van der Waals surface area contributed by atoms with Gasteiger partial charge in [0, 0.05) is 19.6 Å². The van der Waals surface area contributed by atoms with Crippen molar-refractivity contribution in [3.63, 3.8) is 0 Å². The number of carboxylic acids is 1. The molecule has 0 unspecified atom stereocenters. The van der Waals surface area contributed by atoms with Crippen molar-refractivity contribution < 1.29 is 27.9 Å². The highest BCUT2D eigenvalue weighted by atomic mass is 32.2. The largest absolute Gasteiger partial charge is 0.479 e. The lowest BCUT2D eigenvalue weighted by molar-refractivity contribution is -0.151. The number of ether oxygens (including phenoxy) is 1. The van der Waals surface area contributed by atoms with Gasteiger partial charge in [0.15, 0.2) is 6.10 Å². The van der Waals surface area contributed by atoms with E-state index < -0.39 is 28.2 Å². The number of carbonyl (C=O) groups is 2. The molecule has 8 nitrogen and oxygen atoms in total. The summed E-state index contributed by atoms with van der Waals surface area (Å²) in [5.74, 6) is -1.43. The predicted molar refractivity (Wildman–Crippen MR) is 93.9 cm³/mol. The van der Waals surface area contributed by atoms with Crippen LogP contribution < -0.4 is 5.32 Å². The summed E-state index contributed by atoms with van der Waals surface area (Å²) in [4.78, 5) is 23.1.